The number of hydrogen-bond donors (Lipinski definition) is 1. The first kappa shape index (κ1) is 14.5. The van der Waals surface area contributed by atoms with Crippen molar-refractivity contribution in [3.05, 3.63) is 34.9 Å². The van der Waals surface area contributed by atoms with Crippen LogP contribution in [-0.2, 0) is 11.3 Å². The van der Waals surface area contributed by atoms with E-state index in [9.17, 15) is 0 Å². The summed E-state index contributed by atoms with van der Waals surface area (Å²) in [5.74, 6) is 0. The highest BCUT2D eigenvalue weighted by Gasteiger charge is 2.14. The number of rotatable bonds is 5. The van der Waals surface area contributed by atoms with Gasteiger partial charge in [0.05, 0.1) is 12.7 Å². The summed E-state index contributed by atoms with van der Waals surface area (Å²) in [7, 11) is 2.19. The number of nitrogens with one attached hydrogen (secondary N) is 1. The molecule has 0 radical (unpaired) electrons. The second-order valence-corrected chi connectivity index (χ2v) is 5.65. The first-order valence-corrected chi connectivity index (χ1v) is 7.22. The van der Waals surface area contributed by atoms with Crippen LogP contribution in [0.5, 0.6) is 0 Å². The van der Waals surface area contributed by atoms with E-state index in [0.717, 1.165) is 39.2 Å². The van der Waals surface area contributed by atoms with Crippen molar-refractivity contribution in [2.24, 2.45) is 0 Å². The Bertz CT molecular complexity index is 400. The van der Waals surface area contributed by atoms with Gasteiger partial charge in [0.15, 0.2) is 0 Å². The lowest BCUT2D eigenvalue weighted by atomic mass is 10.1. The summed E-state index contributed by atoms with van der Waals surface area (Å²) < 4.78 is 5.73. The van der Waals surface area contributed by atoms with E-state index < -0.39 is 0 Å². The molecule has 1 aliphatic heterocycles. The van der Waals surface area contributed by atoms with Gasteiger partial charge in [0, 0.05) is 26.2 Å². The van der Waals surface area contributed by atoms with Crippen molar-refractivity contribution >= 4 is 0 Å². The van der Waals surface area contributed by atoms with Crippen LogP contribution in [0, 0.1) is 13.8 Å². The number of aryl methyl sites for hydroxylation is 2. The van der Waals surface area contributed by atoms with Gasteiger partial charge < -0.3 is 15.0 Å². The molecule has 1 heterocycles. The molecule has 0 saturated carbocycles. The van der Waals surface area contributed by atoms with Crippen molar-refractivity contribution in [3.63, 3.8) is 0 Å². The minimum Gasteiger partial charge on any atom is -0.376 e. The number of benzene rings is 1. The Morgan fingerprint density at radius 1 is 1.37 bits per heavy atom. The average Bonchev–Trinajstić information content (AvgIpc) is 2.42. The zero-order chi connectivity index (χ0) is 13.7. The molecule has 1 N–H and O–H groups in total. The zero-order valence-corrected chi connectivity index (χ0v) is 12.4. The van der Waals surface area contributed by atoms with Crippen LogP contribution in [0.25, 0.3) is 0 Å². The lowest BCUT2D eigenvalue weighted by Crippen LogP contribution is -2.40. The lowest BCUT2D eigenvalue weighted by Gasteiger charge is -2.26. The maximum Gasteiger partial charge on any atom is 0.0712 e. The van der Waals surface area contributed by atoms with E-state index in [0.29, 0.717) is 6.10 Å². The number of morpholine rings is 1. The van der Waals surface area contributed by atoms with Crippen molar-refractivity contribution in [1.29, 1.82) is 0 Å². The van der Waals surface area contributed by atoms with E-state index in [2.05, 4.69) is 49.3 Å². The number of hydrogen-bond acceptors (Lipinski definition) is 3. The molecule has 1 aromatic carbocycles. The van der Waals surface area contributed by atoms with Gasteiger partial charge in [-0.2, -0.15) is 0 Å². The quantitative estimate of drug-likeness (QED) is 0.879. The molecule has 0 aromatic heterocycles. The number of ether oxygens (including phenoxy) is 1. The van der Waals surface area contributed by atoms with Crippen LogP contribution in [0.4, 0.5) is 0 Å². The van der Waals surface area contributed by atoms with E-state index in [1.807, 2.05) is 0 Å². The van der Waals surface area contributed by atoms with Crippen molar-refractivity contribution in [1.82, 2.24) is 10.2 Å². The van der Waals surface area contributed by atoms with Gasteiger partial charge in [-0.3, -0.25) is 0 Å². The molecular formula is C16H26N2O. The van der Waals surface area contributed by atoms with E-state index in [4.69, 9.17) is 4.74 Å². The van der Waals surface area contributed by atoms with Crippen LogP contribution in [0.1, 0.15) is 23.1 Å². The molecule has 2 rings (SSSR count). The number of nitrogens with zero attached hydrogens (tertiary/aromatic N) is 1. The van der Waals surface area contributed by atoms with Crippen LogP contribution < -0.4 is 5.32 Å². The van der Waals surface area contributed by atoms with E-state index in [1.165, 1.54) is 16.7 Å². The lowest BCUT2D eigenvalue weighted by molar-refractivity contribution is 0.0184. The highest BCUT2D eigenvalue weighted by atomic mass is 16.5. The summed E-state index contributed by atoms with van der Waals surface area (Å²) >= 11 is 0. The second-order valence-electron chi connectivity index (χ2n) is 5.65. The molecule has 106 valence electrons. The third-order valence-electron chi connectivity index (χ3n) is 3.78. The fraction of sp³-hybridized carbons (Fsp3) is 0.625. The van der Waals surface area contributed by atoms with E-state index in [-0.39, 0.29) is 0 Å². The van der Waals surface area contributed by atoms with Gasteiger partial charge in [-0.1, -0.05) is 23.8 Å². The molecule has 1 unspecified atom stereocenters. The molecule has 3 heteroatoms. The van der Waals surface area contributed by atoms with Crippen LogP contribution in [0.3, 0.4) is 0 Å². The van der Waals surface area contributed by atoms with Crippen LogP contribution >= 0.6 is 0 Å². The molecule has 1 aliphatic rings. The van der Waals surface area contributed by atoms with Gasteiger partial charge in [-0.15, -0.1) is 0 Å². The van der Waals surface area contributed by atoms with Crippen molar-refractivity contribution in [2.45, 2.75) is 32.9 Å². The summed E-state index contributed by atoms with van der Waals surface area (Å²) in [5, 5.41) is 3.38. The van der Waals surface area contributed by atoms with Crippen molar-refractivity contribution in [2.75, 3.05) is 33.3 Å². The first-order chi connectivity index (χ1) is 9.15. The maximum absolute atomic E-state index is 5.73. The van der Waals surface area contributed by atoms with Crippen LogP contribution in [0.15, 0.2) is 18.2 Å². The summed E-state index contributed by atoms with van der Waals surface area (Å²) in [6.45, 7) is 9.30. The molecule has 1 saturated heterocycles. The van der Waals surface area contributed by atoms with Crippen LogP contribution in [0.2, 0.25) is 0 Å². The van der Waals surface area contributed by atoms with Gasteiger partial charge in [0.1, 0.15) is 0 Å². The van der Waals surface area contributed by atoms with Crippen molar-refractivity contribution in [3.8, 4) is 0 Å². The predicted octanol–water partition coefficient (Wildman–Crippen LogP) is 2.11. The monoisotopic (exact) mass is 262 g/mol. The Balaban J connectivity index is 1.80. The normalized spacial score (nSPS) is 19.9. The highest BCUT2D eigenvalue weighted by Crippen LogP contribution is 2.13. The summed E-state index contributed by atoms with van der Waals surface area (Å²) in [4.78, 5) is 2.39. The van der Waals surface area contributed by atoms with E-state index in [1.54, 1.807) is 0 Å². The van der Waals surface area contributed by atoms with Gasteiger partial charge in [-0.05, 0) is 38.4 Å². The second kappa shape index (κ2) is 7.04. The van der Waals surface area contributed by atoms with Crippen molar-refractivity contribution < 1.29 is 4.74 Å². The largest absolute Gasteiger partial charge is 0.376 e. The molecule has 0 bridgehead atoms. The third-order valence-corrected chi connectivity index (χ3v) is 3.78. The molecule has 3 nitrogen and oxygen atoms in total. The third kappa shape index (κ3) is 4.60. The molecule has 1 atom stereocenters. The van der Waals surface area contributed by atoms with E-state index >= 15 is 0 Å². The molecule has 0 spiro atoms. The van der Waals surface area contributed by atoms with Gasteiger partial charge in [0.25, 0.3) is 0 Å². The highest BCUT2D eigenvalue weighted by molar-refractivity contribution is 5.30. The summed E-state index contributed by atoms with van der Waals surface area (Å²) in [6.07, 6.45) is 1.49. The van der Waals surface area contributed by atoms with Gasteiger partial charge in [0.2, 0.25) is 0 Å². The predicted molar refractivity (Wildman–Crippen MR) is 79.5 cm³/mol. The Morgan fingerprint density at radius 3 is 2.95 bits per heavy atom. The maximum atomic E-state index is 5.73. The van der Waals surface area contributed by atoms with Gasteiger partial charge in [-0.25, -0.2) is 0 Å². The topological polar surface area (TPSA) is 24.5 Å². The molecule has 1 fully saturated rings. The minimum atomic E-state index is 0.384. The van der Waals surface area contributed by atoms with Crippen LogP contribution in [-0.4, -0.2) is 44.3 Å². The summed E-state index contributed by atoms with van der Waals surface area (Å²) in [6, 6.07) is 6.69. The SMILES string of the molecule is Cc1ccc(C)c(CN(C)CCC2CNCCO2)c1. The molecule has 1 aromatic rings. The Kier molecular flexibility index (Phi) is 5.37. The molecule has 19 heavy (non-hydrogen) atoms. The molecule has 0 aliphatic carbocycles. The summed E-state index contributed by atoms with van der Waals surface area (Å²) in [5.41, 5.74) is 4.16. The average molecular weight is 262 g/mol. The fourth-order valence-corrected chi connectivity index (χ4v) is 2.51. The molecule has 0 amide bonds. The smallest absolute Gasteiger partial charge is 0.0712 e. The minimum absolute atomic E-state index is 0.384. The zero-order valence-electron chi connectivity index (χ0n) is 12.4. The van der Waals surface area contributed by atoms with Gasteiger partial charge >= 0.3 is 0 Å². The Labute approximate surface area is 116 Å². The fourth-order valence-electron chi connectivity index (χ4n) is 2.51. The first-order valence-electron chi connectivity index (χ1n) is 7.22. The standard InChI is InChI=1S/C16H26N2O/c1-13-4-5-14(2)15(10-13)12-18(3)8-6-16-11-17-7-9-19-16/h4-5,10,16-17H,6-9,11-12H2,1-3H3. The Hall–Kier alpha value is -0.900. The Morgan fingerprint density at radius 2 is 2.21 bits per heavy atom. The molecular weight excluding hydrogens is 236 g/mol.